The maximum Gasteiger partial charge on any atom is 0.245 e. The Balaban J connectivity index is 2.17. The van der Waals surface area contributed by atoms with Gasteiger partial charge in [-0.1, -0.05) is 5.16 Å². The maximum absolute atomic E-state index is 11.9. The molecule has 8 nitrogen and oxygen atoms in total. The van der Waals surface area contributed by atoms with Gasteiger partial charge in [0.2, 0.25) is 16.4 Å². The first-order valence-electron chi connectivity index (χ1n) is 4.76. The number of hydrogen-bond donors (Lipinski definition) is 2. The molecule has 0 saturated heterocycles. The largest absolute Gasteiger partial charge is 0.452 e. The third-order valence-corrected chi connectivity index (χ3v) is 4.28. The van der Waals surface area contributed by atoms with Crippen molar-refractivity contribution in [1.29, 1.82) is 0 Å². The second-order valence-electron chi connectivity index (χ2n) is 3.23. The van der Waals surface area contributed by atoms with Gasteiger partial charge in [0, 0.05) is 6.07 Å². The van der Waals surface area contributed by atoms with Crippen molar-refractivity contribution in [3.05, 3.63) is 28.7 Å². The number of aromatic nitrogens is 2. The maximum atomic E-state index is 11.9. The van der Waals surface area contributed by atoms with Gasteiger partial charge in [-0.15, -0.1) is 0 Å². The zero-order valence-electron chi connectivity index (χ0n) is 8.96. The highest BCUT2D eigenvalue weighted by molar-refractivity contribution is 9.10. The van der Waals surface area contributed by atoms with Crippen molar-refractivity contribution < 1.29 is 17.4 Å². The van der Waals surface area contributed by atoms with Crippen LogP contribution >= 0.6 is 15.9 Å². The van der Waals surface area contributed by atoms with Gasteiger partial charge in [0.05, 0.1) is 13.1 Å². The summed E-state index contributed by atoms with van der Waals surface area (Å²) in [7, 11) is -3.72. The molecule has 10 heteroatoms. The highest BCUT2D eigenvalue weighted by atomic mass is 79.9. The number of furan rings is 1. The number of rotatable bonds is 5. The van der Waals surface area contributed by atoms with E-state index in [1.165, 1.54) is 6.07 Å². The third-order valence-electron chi connectivity index (χ3n) is 2.02. The fraction of sp³-hybridized carbons (Fsp3) is 0.250. The first-order chi connectivity index (χ1) is 8.53. The monoisotopic (exact) mass is 336 g/mol. The van der Waals surface area contributed by atoms with Crippen molar-refractivity contribution >= 4 is 26.0 Å². The van der Waals surface area contributed by atoms with Crippen molar-refractivity contribution in [2.75, 3.05) is 0 Å². The van der Waals surface area contributed by atoms with Crippen LogP contribution in [0.15, 0.2) is 31.0 Å². The van der Waals surface area contributed by atoms with Crippen LogP contribution in [0.1, 0.15) is 11.6 Å². The number of halogens is 1. The Morgan fingerprint density at radius 2 is 2.28 bits per heavy atom. The Labute approximate surface area is 111 Å². The van der Waals surface area contributed by atoms with Gasteiger partial charge in [-0.2, -0.15) is 4.98 Å². The predicted octanol–water partition coefficient (Wildman–Crippen LogP) is 0.362. The summed E-state index contributed by atoms with van der Waals surface area (Å²) < 4.78 is 35.9. The molecule has 2 aromatic rings. The van der Waals surface area contributed by atoms with E-state index in [-0.39, 0.29) is 28.5 Å². The van der Waals surface area contributed by atoms with Crippen LogP contribution < -0.4 is 10.5 Å². The molecule has 0 amide bonds. The second-order valence-corrected chi connectivity index (χ2v) is 5.68. The predicted molar refractivity (Wildman–Crippen MR) is 62.6 cm³/mol. The average Bonchev–Trinajstić information content (AvgIpc) is 2.95. The quantitative estimate of drug-likeness (QED) is 0.807. The van der Waals surface area contributed by atoms with Gasteiger partial charge in [-0.3, -0.25) is 0 Å². The topological polar surface area (TPSA) is 124 Å². The Bertz CT molecular complexity index is 622. The van der Waals surface area contributed by atoms with Crippen LogP contribution in [0.5, 0.6) is 0 Å². The molecule has 0 atom stereocenters. The van der Waals surface area contributed by atoms with Gasteiger partial charge >= 0.3 is 0 Å². The molecule has 98 valence electrons. The number of nitrogens with zero attached hydrogens (tertiary/aromatic N) is 2. The van der Waals surface area contributed by atoms with E-state index in [4.69, 9.17) is 10.2 Å². The minimum Gasteiger partial charge on any atom is -0.452 e. The van der Waals surface area contributed by atoms with Crippen molar-refractivity contribution in [2.45, 2.75) is 18.0 Å². The van der Waals surface area contributed by atoms with Gasteiger partial charge in [0.25, 0.3) is 0 Å². The molecule has 0 spiro atoms. The Kier molecular flexibility index (Phi) is 3.80. The molecule has 0 fully saturated rings. The van der Waals surface area contributed by atoms with E-state index in [1.807, 2.05) is 0 Å². The van der Waals surface area contributed by atoms with Crippen LogP contribution in [-0.4, -0.2) is 18.6 Å². The van der Waals surface area contributed by atoms with E-state index in [2.05, 4.69) is 35.3 Å². The summed E-state index contributed by atoms with van der Waals surface area (Å²) in [5.41, 5.74) is 5.36. The number of nitrogens with one attached hydrogen (secondary N) is 1. The first kappa shape index (κ1) is 13.2. The van der Waals surface area contributed by atoms with Crippen molar-refractivity contribution in [1.82, 2.24) is 14.9 Å². The van der Waals surface area contributed by atoms with Gasteiger partial charge < -0.3 is 14.7 Å². The average molecular weight is 337 g/mol. The summed E-state index contributed by atoms with van der Waals surface area (Å²) in [4.78, 5) is 3.68. The molecule has 0 saturated carbocycles. The SMILES string of the molecule is NCc1cc(S(=O)(=O)NCc2ncon2)c(Br)o1. The molecule has 0 aliphatic heterocycles. The first-order valence-corrected chi connectivity index (χ1v) is 7.03. The van der Waals surface area contributed by atoms with Gasteiger partial charge in [0.1, 0.15) is 10.7 Å². The summed E-state index contributed by atoms with van der Waals surface area (Å²) in [5, 5.41) is 3.49. The van der Waals surface area contributed by atoms with Crippen molar-refractivity contribution in [3.63, 3.8) is 0 Å². The summed E-state index contributed by atoms with van der Waals surface area (Å²) in [6, 6.07) is 1.35. The number of sulfonamides is 1. The molecular weight excluding hydrogens is 328 g/mol. The molecule has 3 N–H and O–H groups in total. The fourth-order valence-corrected chi connectivity index (χ4v) is 3.17. The van der Waals surface area contributed by atoms with E-state index in [9.17, 15) is 8.42 Å². The summed E-state index contributed by atoms with van der Waals surface area (Å²) in [6.45, 7) is 0.0351. The van der Waals surface area contributed by atoms with Crippen LogP contribution in [0.4, 0.5) is 0 Å². The number of hydrogen-bond acceptors (Lipinski definition) is 7. The van der Waals surface area contributed by atoms with E-state index in [1.54, 1.807) is 0 Å². The van der Waals surface area contributed by atoms with Crippen LogP contribution in [0.2, 0.25) is 0 Å². The lowest BCUT2D eigenvalue weighted by molar-refractivity contribution is 0.409. The Hall–Kier alpha value is -1.23. The van der Waals surface area contributed by atoms with E-state index < -0.39 is 10.0 Å². The lowest BCUT2D eigenvalue weighted by Crippen LogP contribution is -2.23. The van der Waals surface area contributed by atoms with Crippen LogP contribution in [-0.2, 0) is 23.1 Å². The Morgan fingerprint density at radius 1 is 1.50 bits per heavy atom. The highest BCUT2D eigenvalue weighted by Crippen LogP contribution is 2.25. The standard InChI is InChI=1S/C8H9BrN4O4S/c9-8-6(1-5(2-10)17-8)18(14,15)12-3-7-11-4-16-13-7/h1,4,12H,2-3,10H2. The van der Waals surface area contributed by atoms with Crippen LogP contribution in [0, 0.1) is 0 Å². The fourth-order valence-electron chi connectivity index (χ4n) is 1.19. The summed E-state index contributed by atoms with van der Waals surface area (Å²) in [6.07, 6.45) is 1.12. The molecule has 0 aliphatic rings. The minimum atomic E-state index is -3.72. The number of nitrogens with two attached hydrogens (primary N) is 1. The molecule has 0 aromatic carbocycles. The van der Waals surface area contributed by atoms with E-state index in [0.717, 1.165) is 6.39 Å². The van der Waals surface area contributed by atoms with E-state index in [0.29, 0.717) is 5.76 Å². The molecule has 0 radical (unpaired) electrons. The molecular formula is C8H9BrN4O4S. The van der Waals surface area contributed by atoms with Crippen molar-refractivity contribution in [3.8, 4) is 0 Å². The normalized spacial score (nSPS) is 11.9. The molecule has 0 unspecified atom stereocenters. The third kappa shape index (κ3) is 2.77. The lowest BCUT2D eigenvalue weighted by atomic mass is 10.5. The van der Waals surface area contributed by atoms with Gasteiger partial charge in [-0.05, 0) is 15.9 Å². The molecule has 2 aromatic heterocycles. The summed E-state index contributed by atoms with van der Waals surface area (Å²) in [5.74, 6) is 0.596. The minimum absolute atomic E-state index is 0.0218. The zero-order chi connectivity index (χ0) is 13.2. The molecule has 0 aliphatic carbocycles. The molecule has 2 heterocycles. The van der Waals surface area contributed by atoms with Gasteiger partial charge in [-0.25, -0.2) is 13.1 Å². The van der Waals surface area contributed by atoms with Gasteiger partial charge in [0.15, 0.2) is 10.5 Å². The van der Waals surface area contributed by atoms with E-state index >= 15 is 0 Å². The summed E-state index contributed by atoms with van der Waals surface area (Å²) >= 11 is 3.02. The lowest BCUT2D eigenvalue weighted by Gasteiger charge is -2.01. The van der Waals surface area contributed by atoms with Crippen LogP contribution in [0.25, 0.3) is 0 Å². The second kappa shape index (κ2) is 5.18. The van der Waals surface area contributed by atoms with Crippen LogP contribution in [0.3, 0.4) is 0 Å². The van der Waals surface area contributed by atoms with Crippen molar-refractivity contribution in [2.24, 2.45) is 5.73 Å². The highest BCUT2D eigenvalue weighted by Gasteiger charge is 2.22. The zero-order valence-corrected chi connectivity index (χ0v) is 11.4. The molecule has 2 rings (SSSR count). The smallest absolute Gasteiger partial charge is 0.245 e. The molecule has 18 heavy (non-hydrogen) atoms. The molecule has 0 bridgehead atoms. The Morgan fingerprint density at radius 3 is 2.83 bits per heavy atom.